The molecule has 0 saturated carbocycles. The number of rotatable bonds is 6. The van der Waals surface area contributed by atoms with E-state index in [-0.39, 0.29) is 24.0 Å². The quantitative estimate of drug-likeness (QED) is 0.319. The van der Waals surface area contributed by atoms with Crippen LogP contribution in [0, 0.1) is 18.3 Å². The number of hydrogen-bond donors (Lipinski definition) is 2. The lowest BCUT2D eigenvalue weighted by molar-refractivity contribution is 0.291. The van der Waals surface area contributed by atoms with E-state index in [2.05, 4.69) is 40.3 Å². The third-order valence-corrected chi connectivity index (χ3v) is 3.03. The van der Waals surface area contributed by atoms with Gasteiger partial charge in [-0.2, -0.15) is 0 Å². The van der Waals surface area contributed by atoms with Crippen LogP contribution >= 0.6 is 24.0 Å². The van der Waals surface area contributed by atoms with E-state index in [1.165, 1.54) is 25.9 Å². The van der Waals surface area contributed by atoms with E-state index < -0.39 is 0 Å². The van der Waals surface area contributed by atoms with Crippen molar-refractivity contribution < 1.29 is 0 Å². The van der Waals surface area contributed by atoms with Gasteiger partial charge in [0.05, 0.1) is 6.54 Å². The topological polar surface area (TPSA) is 39.7 Å². The van der Waals surface area contributed by atoms with Crippen molar-refractivity contribution >= 4 is 29.9 Å². The number of likely N-dealkylation sites (tertiary alicyclic amines) is 1. The van der Waals surface area contributed by atoms with Crippen LogP contribution in [0.5, 0.6) is 0 Å². The molecule has 0 amide bonds. The lowest BCUT2D eigenvalue weighted by atomic mass is 10.2. The Morgan fingerprint density at radius 3 is 2.63 bits per heavy atom. The first kappa shape index (κ1) is 18.5. The fraction of sp³-hybridized carbons (Fsp3) is 0.786. The molecule has 1 fully saturated rings. The molecule has 1 aliphatic rings. The average molecular weight is 378 g/mol. The third-order valence-electron chi connectivity index (χ3n) is 3.03. The smallest absolute Gasteiger partial charge is 0.192 e. The first-order valence-corrected chi connectivity index (χ1v) is 6.94. The summed E-state index contributed by atoms with van der Waals surface area (Å²) in [4.78, 5) is 7.09. The van der Waals surface area contributed by atoms with Crippen molar-refractivity contribution in [1.29, 1.82) is 0 Å². The fourth-order valence-electron chi connectivity index (χ4n) is 2.19. The predicted octanol–water partition coefficient (Wildman–Crippen LogP) is 1.52. The Kier molecular flexibility index (Phi) is 11.1. The molecular formula is C14H27IN4. The maximum Gasteiger partial charge on any atom is 0.192 e. The Morgan fingerprint density at radius 1 is 1.37 bits per heavy atom. The van der Waals surface area contributed by atoms with E-state index in [0.717, 1.165) is 25.6 Å². The molecule has 0 radical (unpaired) electrons. The number of halogens is 1. The molecule has 4 nitrogen and oxygen atoms in total. The van der Waals surface area contributed by atoms with Gasteiger partial charge in [-0.3, -0.25) is 4.99 Å². The molecule has 1 rings (SSSR count). The first-order valence-electron chi connectivity index (χ1n) is 6.94. The van der Waals surface area contributed by atoms with Crippen molar-refractivity contribution in [3.05, 3.63) is 0 Å². The summed E-state index contributed by atoms with van der Waals surface area (Å²) >= 11 is 0. The number of aliphatic imine (C=N–C) groups is 1. The van der Waals surface area contributed by atoms with Gasteiger partial charge in [-0.25, -0.2) is 0 Å². The molecule has 1 saturated heterocycles. The van der Waals surface area contributed by atoms with Crippen LogP contribution in [0.4, 0.5) is 0 Å². The third kappa shape index (κ3) is 8.32. The molecule has 1 unspecified atom stereocenters. The van der Waals surface area contributed by atoms with Crippen LogP contribution in [-0.4, -0.2) is 50.1 Å². The van der Waals surface area contributed by atoms with Gasteiger partial charge in [0.2, 0.25) is 0 Å². The van der Waals surface area contributed by atoms with Crippen LogP contribution in [0.2, 0.25) is 0 Å². The van der Waals surface area contributed by atoms with Gasteiger partial charge >= 0.3 is 0 Å². The standard InChI is InChI=1S/C14H26N4.HI/c1-4-8-16-14(15-5-2)17-11-13(3)12-18-9-6-7-10-18;/h1,13H,5-12H2,2-3H3,(H2,15,16,17);1H. The molecule has 1 aliphatic heterocycles. The summed E-state index contributed by atoms with van der Waals surface area (Å²) in [6.07, 6.45) is 7.93. The summed E-state index contributed by atoms with van der Waals surface area (Å²) < 4.78 is 0. The van der Waals surface area contributed by atoms with E-state index >= 15 is 0 Å². The molecule has 0 aliphatic carbocycles. The van der Waals surface area contributed by atoms with E-state index in [1.807, 2.05) is 0 Å². The minimum atomic E-state index is 0. The molecule has 0 bridgehead atoms. The van der Waals surface area contributed by atoms with E-state index in [4.69, 9.17) is 6.42 Å². The van der Waals surface area contributed by atoms with Crippen molar-refractivity contribution in [3.63, 3.8) is 0 Å². The first-order chi connectivity index (χ1) is 8.76. The minimum absolute atomic E-state index is 0. The monoisotopic (exact) mass is 378 g/mol. The zero-order valence-corrected chi connectivity index (χ0v) is 14.4. The van der Waals surface area contributed by atoms with Gasteiger partial charge < -0.3 is 15.5 Å². The Hall–Kier alpha value is -0.480. The van der Waals surface area contributed by atoms with Crippen molar-refractivity contribution in [1.82, 2.24) is 15.5 Å². The number of nitrogens with one attached hydrogen (secondary N) is 2. The van der Waals surface area contributed by atoms with Crippen molar-refractivity contribution in [2.75, 3.05) is 39.3 Å². The Balaban J connectivity index is 0.00000324. The SMILES string of the molecule is C#CCNC(=NCC(C)CN1CCCC1)NCC.I. The Morgan fingerprint density at radius 2 is 2.05 bits per heavy atom. The highest BCUT2D eigenvalue weighted by Crippen LogP contribution is 2.10. The summed E-state index contributed by atoms with van der Waals surface area (Å²) in [5.41, 5.74) is 0. The number of hydrogen-bond acceptors (Lipinski definition) is 2. The zero-order valence-electron chi connectivity index (χ0n) is 12.1. The summed E-state index contributed by atoms with van der Waals surface area (Å²) in [5, 5.41) is 6.30. The molecule has 110 valence electrons. The van der Waals surface area contributed by atoms with Gasteiger partial charge in [0, 0.05) is 19.6 Å². The highest BCUT2D eigenvalue weighted by atomic mass is 127. The second kappa shape index (κ2) is 11.4. The van der Waals surface area contributed by atoms with E-state index in [0.29, 0.717) is 12.5 Å². The van der Waals surface area contributed by atoms with Gasteiger partial charge in [-0.1, -0.05) is 12.8 Å². The summed E-state index contributed by atoms with van der Waals surface area (Å²) in [6.45, 7) is 10.2. The van der Waals surface area contributed by atoms with Gasteiger partial charge in [0.1, 0.15) is 0 Å². The minimum Gasteiger partial charge on any atom is -0.357 e. The number of guanidine groups is 1. The van der Waals surface area contributed by atoms with Crippen molar-refractivity contribution in [3.8, 4) is 12.3 Å². The van der Waals surface area contributed by atoms with E-state index in [9.17, 15) is 0 Å². The van der Waals surface area contributed by atoms with Crippen LogP contribution in [0.1, 0.15) is 26.7 Å². The number of nitrogens with zero attached hydrogens (tertiary/aromatic N) is 2. The van der Waals surface area contributed by atoms with Crippen molar-refractivity contribution in [2.24, 2.45) is 10.9 Å². The molecule has 5 heteroatoms. The van der Waals surface area contributed by atoms with Gasteiger partial charge in [0.25, 0.3) is 0 Å². The molecule has 19 heavy (non-hydrogen) atoms. The molecule has 0 aromatic heterocycles. The average Bonchev–Trinajstić information content (AvgIpc) is 2.85. The maximum absolute atomic E-state index is 5.24. The van der Waals surface area contributed by atoms with Crippen LogP contribution in [0.25, 0.3) is 0 Å². The predicted molar refractivity (Wildman–Crippen MR) is 93.1 cm³/mol. The summed E-state index contributed by atoms with van der Waals surface area (Å²) in [6, 6.07) is 0. The van der Waals surface area contributed by atoms with Crippen molar-refractivity contribution in [2.45, 2.75) is 26.7 Å². The second-order valence-corrected chi connectivity index (χ2v) is 4.89. The van der Waals surface area contributed by atoms with Crippen LogP contribution < -0.4 is 10.6 Å². The molecule has 0 spiro atoms. The molecule has 0 aromatic carbocycles. The maximum atomic E-state index is 5.24. The highest BCUT2D eigenvalue weighted by Gasteiger charge is 2.14. The zero-order chi connectivity index (χ0) is 13.2. The fourth-order valence-corrected chi connectivity index (χ4v) is 2.19. The molecule has 0 aromatic rings. The summed E-state index contributed by atoms with van der Waals surface area (Å²) in [5.74, 6) is 3.97. The lowest BCUT2D eigenvalue weighted by Gasteiger charge is -2.19. The van der Waals surface area contributed by atoms with Gasteiger partial charge in [0.15, 0.2) is 5.96 Å². The molecule has 1 heterocycles. The molecule has 1 atom stereocenters. The molecular weight excluding hydrogens is 351 g/mol. The lowest BCUT2D eigenvalue weighted by Crippen LogP contribution is -2.38. The second-order valence-electron chi connectivity index (χ2n) is 4.89. The largest absolute Gasteiger partial charge is 0.357 e. The Bertz CT molecular complexity index is 292. The normalized spacial score (nSPS) is 17.4. The number of terminal acetylenes is 1. The van der Waals surface area contributed by atoms with Crippen LogP contribution in [0.3, 0.4) is 0 Å². The highest BCUT2D eigenvalue weighted by molar-refractivity contribution is 14.0. The van der Waals surface area contributed by atoms with Crippen LogP contribution in [-0.2, 0) is 0 Å². The van der Waals surface area contributed by atoms with Crippen LogP contribution in [0.15, 0.2) is 4.99 Å². The summed E-state index contributed by atoms with van der Waals surface area (Å²) in [7, 11) is 0. The van der Waals surface area contributed by atoms with Gasteiger partial charge in [-0.05, 0) is 38.8 Å². The molecule has 2 N–H and O–H groups in total. The van der Waals surface area contributed by atoms with E-state index in [1.54, 1.807) is 0 Å². The Labute approximate surface area is 134 Å². The van der Waals surface area contributed by atoms with Gasteiger partial charge in [-0.15, -0.1) is 30.4 Å².